The maximum Gasteiger partial charge on any atom is 0.151 e. The van der Waals surface area contributed by atoms with Gasteiger partial charge in [0, 0.05) is 11.4 Å². The van der Waals surface area contributed by atoms with Crippen LogP contribution in [0.2, 0.25) is 5.02 Å². The van der Waals surface area contributed by atoms with Crippen LogP contribution in [0.15, 0.2) is 22.5 Å². The van der Waals surface area contributed by atoms with Crippen molar-refractivity contribution < 1.29 is 4.79 Å². The Morgan fingerprint density at radius 1 is 1.39 bits per heavy atom. The smallest absolute Gasteiger partial charge is 0.151 e. The molecule has 1 saturated carbocycles. The van der Waals surface area contributed by atoms with E-state index in [2.05, 4.69) is 4.98 Å². The summed E-state index contributed by atoms with van der Waals surface area (Å²) in [5, 5.41) is 0.813. The van der Waals surface area contributed by atoms with Gasteiger partial charge in [-0.05, 0) is 31.0 Å². The van der Waals surface area contributed by atoms with Gasteiger partial charge in [0.05, 0.1) is 15.5 Å². The van der Waals surface area contributed by atoms with Gasteiger partial charge >= 0.3 is 0 Å². The number of thiazole rings is 1. The van der Waals surface area contributed by atoms with Gasteiger partial charge in [0.2, 0.25) is 0 Å². The molecule has 1 aliphatic carbocycles. The first-order valence-corrected chi connectivity index (χ1v) is 8.05. The number of hydrogen-bond donors (Lipinski definition) is 0. The van der Waals surface area contributed by atoms with Crippen molar-refractivity contribution >= 4 is 50.7 Å². The molecule has 1 heterocycles. The molecule has 94 valence electrons. The van der Waals surface area contributed by atoms with Crippen molar-refractivity contribution in [2.45, 2.75) is 35.3 Å². The molecule has 0 spiro atoms. The number of rotatable bonds is 2. The van der Waals surface area contributed by atoms with Gasteiger partial charge in [-0.2, -0.15) is 0 Å². The lowest BCUT2D eigenvalue weighted by molar-refractivity contribution is -0.119. The minimum atomic E-state index is 0.106. The van der Waals surface area contributed by atoms with Crippen molar-refractivity contribution in [2.24, 2.45) is 0 Å². The fourth-order valence-electron chi connectivity index (χ4n) is 2.13. The van der Waals surface area contributed by atoms with Gasteiger partial charge in [0.15, 0.2) is 4.34 Å². The summed E-state index contributed by atoms with van der Waals surface area (Å²) < 4.78 is 2.11. The first-order chi connectivity index (χ1) is 8.72. The molecule has 1 atom stereocenters. The molecular formula is C13H12ClNOS2. The SMILES string of the molecule is O=C1CCCC[C@H]1Sc1nc2cc(Cl)ccc2s1. The summed E-state index contributed by atoms with van der Waals surface area (Å²) >= 11 is 9.21. The zero-order valence-corrected chi connectivity index (χ0v) is 12.1. The fourth-order valence-corrected chi connectivity index (χ4v) is 4.71. The Labute approximate surface area is 119 Å². The highest BCUT2D eigenvalue weighted by molar-refractivity contribution is 8.02. The van der Waals surface area contributed by atoms with Crippen molar-refractivity contribution in [2.75, 3.05) is 0 Å². The van der Waals surface area contributed by atoms with Gasteiger partial charge in [-0.3, -0.25) is 4.79 Å². The van der Waals surface area contributed by atoms with Crippen molar-refractivity contribution in [3.63, 3.8) is 0 Å². The van der Waals surface area contributed by atoms with E-state index in [1.165, 1.54) is 0 Å². The Morgan fingerprint density at radius 2 is 2.28 bits per heavy atom. The minimum Gasteiger partial charge on any atom is -0.298 e. The van der Waals surface area contributed by atoms with Crippen LogP contribution in [-0.2, 0) is 4.79 Å². The minimum absolute atomic E-state index is 0.106. The summed E-state index contributed by atoms with van der Waals surface area (Å²) in [5.74, 6) is 0.378. The standard InChI is InChI=1S/C13H12ClNOS2/c14-8-5-6-11-9(7-8)15-13(17-11)18-12-4-2-1-3-10(12)16/h5-7,12H,1-4H2/t12-/m1/s1. The molecule has 2 nitrogen and oxygen atoms in total. The predicted octanol–water partition coefficient (Wildman–Crippen LogP) is 4.55. The van der Waals surface area contributed by atoms with Crippen LogP contribution in [-0.4, -0.2) is 16.0 Å². The maximum absolute atomic E-state index is 11.8. The highest BCUT2D eigenvalue weighted by atomic mass is 35.5. The summed E-state index contributed by atoms with van der Waals surface area (Å²) in [5.41, 5.74) is 0.929. The normalized spacial score (nSPS) is 20.5. The van der Waals surface area contributed by atoms with E-state index in [1.807, 2.05) is 18.2 Å². The van der Waals surface area contributed by atoms with Crippen LogP contribution in [0.25, 0.3) is 10.2 Å². The van der Waals surface area contributed by atoms with E-state index in [-0.39, 0.29) is 5.25 Å². The van der Waals surface area contributed by atoms with Crippen LogP contribution in [0.4, 0.5) is 0 Å². The lowest BCUT2D eigenvalue weighted by atomic mass is 9.99. The Kier molecular flexibility index (Phi) is 3.59. The fraction of sp³-hybridized carbons (Fsp3) is 0.385. The van der Waals surface area contributed by atoms with E-state index < -0.39 is 0 Å². The molecule has 0 radical (unpaired) electrons. The maximum atomic E-state index is 11.8. The van der Waals surface area contributed by atoms with Gasteiger partial charge in [-0.15, -0.1) is 11.3 Å². The third kappa shape index (κ3) is 2.56. The van der Waals surface area contributed by atoms with E-state index in [4.69, 9.17) is 11.6 Å². The van der Waals surface area contributed by atoms with Crippen molar-refractivity contribution in [1.82, 2.24) is 4.98 Å². The monoisotopic (exact) mass is 297 g/mol. The van der Waals surface area contributed by atoms with Crippen molar-refractivity contribution in [3.05, 3.63) is 23.2 Å². The number of hydrogen-bond acceptors (Lipinski definition) is 4. The van der Waals surface area contributed by atoms with Crippen LogP contribution in [0.1, 0.15) is 25.7 Å². The average molecular weight is 298 g/mol. The van der Waals surface area contributed by atoms with Gasteiger partial charge in [0.1, 0.15) is 5.78 Å². The second kappa shape index (κ2) is 5.19. The van der Waals surface area contributed by atoms with E-state index in [0.717, 1.165) is 40.2 Å². The number of aromatic nitrogens is 1. The molecule has 18 heavy (non-hydrogen) atoms. The molecule has 1 aromatic carbocycles. The van der Waals surface area contributed by atoms with E-state index in [9.17, 15) is 4.79 Å². The number of fused-ring (bicyclic) bond motifs is 1. The number of halogens is 1. The summed E-state index contributed by atoms with van der Waals surface area (Å²) in [6.45, 7) is 0. The Bertz CT molecular complexity index is 596. The highest BCUT2D eigenvalue weighted by Gasteiger charge is 2.24. The van der Waals surface area contributed by atoms with Crippen LogP contribution < -0.4 is 0 Å². The Morgan fingerprint density at radius 3 is 3.11 bits per heavy atom. The number of ketones is 1. The molecule has 1 fully saturated rings. The first-order valence-electron chi connectivity index (χ1n) is 5.98. The van der Waals surface area contributed by atoms with E-state index in [1.54, 1.807) is 23.1 Å². The average Bonchev–Trinajstić information content (AvgIpc) is 2.73. The Balaban J connectivity index is 1.84. The number of carbonyl (C=O) groups excluding carboxylic acids is 1. The quantitative estimate of drug-likeness (QED) is 0.814. The number of nitrogens with zero attached hydrogens (tertiary/aromatic N) is 1. The summed E-state index contributed by atoms with van der Waals surface area (Å²) in [7, 11) is 0. The molecular weight excluding hydrogens is 286 g/mol. The van der Waals surface area contributed by atoms with Gasteiger partial charge in [0.25, 0.3) is 0 Å². The van der Waals surface area contributed by atoms with Crippen LogP contribution in [0.5, 0.6) is 0 Å². The third-order valence-electron chi connectivity index (χ3n) is 3.07. The van der Waals surface area contributed by atoms with Crippen molar-refractivity contribution in [3.8, 4) is 0 Å². The molecule has 0 saturated heterocycles. The number of benzene rings is 1. The zero-order chi connectivity index (χ0) is 12.5. The van der Waals surface area contributed by atoms with Crippen LogP contribution in [0.3, 0.4) is 0 Å². The van der Waals surface area contributed by atoms with E-state index >= 15 is 0 Å². The van der Waals surface area contributed by atoms with Crippen LogP contribution >= 0.6 is 34.7 Å². The second-order valence-corrected chi connectivity index (χ2v) is 7.33. The van der Waals surface area contributed by atoms with Gasteiger partial charge in [-0.1, -0.05) is 29.8 Å². The topological polar surface area (TPSA) is 30.0 Å². The predicted molar refractivity (Wildman–Crippen MR) is 77.8 cm³/mol. The number of Topliss-reactive ketones (excluding diaryl/α,β-unsaturated/α-hetero) is 1. The lowest BCUT2D eigenvalue weighted by Gasteiger charge is -2.18. The molecule has 2 aromatic rings. The molecule has 0 bridgehead atoms. The summed E-state index contributed by atoms with van der Waals surface area (Å²) in [4.78, 5) is 16.3. The summed E-state index contributed by atoms with van der Waals surface area (Å²) in [6, 6.07) is 5.74. The zero-order valence-electron chi connectivity index (χ0n) is 9.69. The molecule has 1 aromatic heterocycles. The number of thioether (sulfide) groups is 1. The van der Waals surface area contributed by atoms with Gasteiger partial charge in [-0.25, -0.2) is 4.98 Å². The van der Waals surface area contributed by atoms with Gasteiger partial charge < -0.3 is 0 Å². The molecule has 1 aliphatic rings. The van der Waals surface area contributed by atoms with Crippen LogP contribution in [0, 0.1) is 0 Å². The molecule has 0 amide bonds. The second-order valence-electron chi connectivity index (χ2n) is 4.41. The molecule has 3 rings (SSSR count). The molecule has 0 N–H and O–H groups in total. The lowest BCUT2D eigenvalue weighted by Crippen LogP contribution is -2.20. The highest BCUT2D eigenvalue weighted by Crippen LogP contribution is 2.36. The third-order valence-corrected chi connectivity index (χ3v) is 5.75. The Hall–Kier alpha value is -0.580. The van der Waals surface area contributed by atoms with Crippen molar-refractivity contribution in [1.29, 1.82) is 0 Å². The largest absolute Gasteiger partial charge is 0.298 e. The summed E-state index contributed by atoms with van der Waals surface area (Å²) in [6.07, 6.45) is 3.92. The number of carbonyl (C=O) groups is 1. The molecule has 0 aliphatic heterocycles. The molecule has 5 heteroatoms. The van der Waals surface area contributed by atoms with E-state index in [0.29, 0.717) is 10.8 Å². The first kappa shape index (κ1) is 12.5. The molecule has 0 unspecified atom stereocenters.